The van der Waals surface area contributed by atoms with Crippen molar-refractivity contribution in [2.45, 2.75) is 0 Å². The predicted octanol–water partition coefficient (Wildman–Crippen LogP) is -0.548. The first-order valence-corrected chi connectivity index (χ1v) is 3.37. The molecule has 4 nitrogen and oxygen atoms in total. The second-order valence-corrected chi connectivity index (χ2v) is 2.07. The highest BCUT2D eigenvalue weighted by molar-refractivity contribution is 6.98. The molecule has 0 heterocycles. The summed E-state index contributed by atoms with van der Waals surface area (Å²) < 4.78 is 8.84. The van der Waals surface area contributed by atoms with Crippen LogP contribution in [-0.2, 0) is 9.31 Å². The van der Waals surface area contributed by atoms with Gasteiger partial charge in [0.2, 0.25) is 0 Å². The molecule has 10 heavy (non-hydrogen) atoms. The maximum absolute atomic E-state index is 8.31. The van der Waals surface area contributed by atoms with Gasteiger partial charge in [-0.3, -0.25) is 0 Å². The van der Waals surface area contributed by atoms with Gasteiger partial charge in [-0.05, 0) is 0 Å². The van der Waals surface area contributed by atoms with E-state index in [-0.39, 0.29) is 13.2 Å². The summed E-state index contributed by atoms with van der Waals surface area (Å²) in [5, 5.41) is 16.6. The van der Waals surface area contributed by atoms with Crippen LogP contribution in [0.1, 0.15) is 0 Å². The molecule has 0 aromatic rings. The van der Waals surface area contributed by atoms with Crippen LogP contribution >= 0.6 is 22.9 Å². The van der Waals surface area contributed by atoms with Crippen molar-refractivity contribution in [1.29, 1.82) is 0 Å². The normalized spacial score (nSPS) is 9.60. The molecule has 0 aliphatic rings. The Balaban J connectivity index is 2.91. The lowest BCUT2D eigenvalue weighted by Crippen LogP contribution is -2.18. The van der Waals surface area contributed by atoms with Crippen molar-refractivity contribution >= 4 is 36.0 Å². The molecular weight excluding hydrogens is 181 g/mol. The zero-order chi connectivity index (χ0) is 7.98. The van der Waals surface area contributed by atoms with Crippen molar-refractivity contribution < 1.29 is 19.4 Å². The second-order valence-electron chi connectivity index (χ2n) is 1.33. The highest BCUT2D eigenvalue weighted by Crippen LogP contribution is 1.89. The minimum absolute atomic E-state index is 0.0778. The van der Waals surface area contributed by atoms with Gasteiger partial charge in [0.15, 0.2) is 0 Å². The van der Waals surface area contributed by atoms with Crippen LogP contribution < -0.4 is 0 Å². The molecule has 0 saturated heterocycles. The lowest BCUT2D eigenvalue weighted by molar-refractivity contribution is 0.186. The number of hydrogen-bond acceptors (Lipinski definition) is 4. The van der Waals surface area contributed by atoms with Gasteiger partial charge < -0.3 is 19.4 Å². The van der Waals surface area contributed by atoms with E-state index in [2.05, 4.69) is 9.31 Å². The van der Waals surface area contributed by atoms with E-state index in [1.807, 2.05) is 0 Å². The van der Waals surface area contributed by atoms with Crippen LogP contribution in [-0.4, -0.2) is 36.3 Å². The first kappa shape index (κ1) is 10.5. The molecule has 0 amide bonds. The molecule has 2 N–H and O–H groups in total. The summed E-state index contributed by atoms with van der Waals surface area (Å²) >= 11 is 9.95. The number of hydrogen-bond donors (Lipinski definition) is 2. The highest BCUT2D eigenvalue weighted by Gasteiger charge is 2.09. The zero-order valence-corrected chi connectivity index (χ0v) is 6.55. The lowest BCUT2D eigenvalue weighted by atomic mass is 10.4. The van der Waals surface area contributed by atoms with Crippen molar-refractivity contribution in [3.63, 3.8) is 0 Å². The molecule has 0 spiro atoms. The van der Waals surface area contributed by atoms with Crippen molar-refractivity contribution in [1.82, 2.24) is 0 Å². The molecule has 0 aliphatic heterocycles. The predicted molar refractivity (Wildman–Crippen MR) is 39.6 cm³/mol. The summed E-state index contributed by atoms with van der Waals surface area (Å²) in [7, 11) is 0. The van der Waals surface area contributed by atoms with Gasteiger partial charge in [-0.1, -0.05) is 0 Å². The average molecular weight is 187 g/mol. The van der Waals surface area contributed by atoms with E-state index >= 15 is 0 Å². The first-order valence-electron chi connectivity index (χ1n) is 2.50. The van der Waals surface area contributed by atoms with Gasteiger partial charge >= 0.3 is 13.1 Å². The van der Waals surface area contributed by atoms with Crippen molar-refractivity contribution in [3.8, 4) is 0 Å². The Kier molecular flexibility index (Phi) is 6.62. The molecule has 0 radical (unpaired) electrons. The summed E-state index contributed by atoms with van der Waals surface area (Å²) in [6, 6.07) is 0. The van der Waals surface area contributed by atoms with Crippen LogP contribution in [0.4, 0.5) is 0 Å². The summed E-state index contributed by atoms with van der Waals surface area (Å²) in [5.41, 5.74) is 0. The van der Waals surface area contributed by atoms with Gasteiger partial charge in [0, 0.05) is 0 Å². The number of rotatable bonds is 5. The van der Waals surface area contributed by atoms with E-state index in [0.717, 1.165) is 0 Å². The molecule has 0 atom stereocenters. The highest BCUT2D eigenvalue weighted by atomic mass is 35.5. The fourth-order valence-corrected chi connectivity index (χ4v) is 0.469. The Morgan fingerprint density at radius 1 is 1.00 bits per heavy atom. The maximum Gasteiger partial charge on any atom is 0.568 e. The zero-order valence-electron chi connectivity index (χ0n) is 5.04. The number of halogens is 2. The van der Waals surface area contributed by atoms with Gasteiger partial charge in [-0.15, -0.1) is 22.9 Å². The molecule has 0 saturated carbocycles. The van der Waals surface area contributed by atoms with Gasteiger partial charge in [0.1, 0.15) is 0 Å². The maximum atomic E-state index is 8.31. The van der Waals surface area contributed by atoms with E-state index < -0.39 is 13.1 Å². The molecule has 0 bridgehead atoms. The van der Waals surface area contributed by atoms with E-state index in [1.54, 1.807) is 0 Å². The van der Waals surface area contributed by atoms with Crippen LogP contribution in [0.15, 0.2) is 0 Å². The minimum Gasteiger partial charge on any atom is -0.413 e. The Morgan fingerprint density at radius 3 is 1.50 bits per heavy atom. The third kappa shape index (κ3) is 8.55. The Labute approximate surface area is 69.1 Å². The Hall–Kier alpha value is 0.550. The van der Waals surface area contributed by atoms with Gasteiger partial charge in [-0.25, -0.2) is 0 Å². The lowest BCUT2D eigenvalue weighted by Gasteiger charge is -2.02. The second kappa shape index (κ2) is 6.27. The SMILES string of the molecule is OB(Cl)OCCOB(O)Cl. The summed E-state index contributed by atoms with van der Waals surface area (Å²) in [6.07, 6.45) is 0. The average Bonchev–Trinajstić information content (AvgIpc) is 1.79. The smallest absolute Gasteiger partial charge is 0.413 e. The van der Waals surface area contributed by atoms with Gasteiger partial charge in [0.25, 0.3) is 0 Å². The fourth-order valence-electron chi connectivity index (χ4n) is 0.291. The van der Waals surface area contributed by atoms with Crippen molar-refractivity contribution in [3.05, 3.63) is 0 Å². The molecule has 58 valence electrons. The Morgan fingerprint density at radius 2 is 1.30 bits per heavy atom. The Bertz CT molecular complexity index is 71.7. The van der Waals surface area contributed by atoms with Crippen LogP contribution in [0.5, 0.6) is 0 Å². The van der Waals surface area contributed by atoms with Crippen LogP contribution in [0.2, 0.25) is 0 Å². The molecular formula is C2H6B2Cl2O4. The van der Waals surface area contributed by atoms with Gasteiger partial charge in [0.05, 0.1) is 13.2 Å². The third-order valence-electron chi connectivity index (χ3n) is 0.594. The van der Waals surface area contributed by atoms with Gasteiger partial charge in [-0.2, -0.15) is 0 Å². The molecule has 0 unspecified atom stereocenters. The quantitative estimate of drug-likeness (QED) is 0.447. The van der Waals surface area contributed by atoms with Crippen LogP contribution in [0.25, 0.3) is 0 Å². The van der Waals surface area contributed by atoms with E-state index in [9.17, 15) is 0 Å². The fraction of sp³-hybridized carbons (Fsp3) is 1.00. The van der Waals surface area contributed by atoms with Crippen molar-refractivity contribution in [2.75, 3.05) is 13.2 Å². The van der Waals surface area contributed by atoms with E-state index in [4.69, 9.17) is 33.0 Å². The molecule has 0 aliphatic carbocycles. The monoisotopic (exact) mass is 186 g/mol. The van der Waals surface area contributed by atoms with E-state index in [0.29, 0.717) is 0 Å². The largest absolute Gasteiger partial charge is 0.568 e. The minimum atomic E-state index is -1.34. The van der Waals surface area contributed by atoms with Crippen LogP contribution in [0.3, 0.4) is 0 Å². The molecule has 0 rings (SSSR count). The summed E-state index contributed by atoms with van der Waals surface area (Å²) in [6.45, 7) is -2.52. The molecule has 8 heteroatoms. The van der Waals surface area contributed by atoms with Crippen molar-refractivity contribution in [2.24, 2.45) is 0 Å². The standard InChI is InChI=1S/C2H6B2Cl2O4/c5-3(7)9-1-2-10-4(6)8/h7-8H,1-2H2. The van der Waals surface area contributed by atoms with E-state index in [1.165, 1.54) is 0 Å². The molecule has 0 aromatic heterocycles. The molecule has 0 aromatic carbocycles. The first-order chi connectivity index (χ1) is 4.63. The topological polar surface area (TPSA) is 58.9 Å². The summed E-state index contributed by atoms with van der Waals surface area (Å²) in [5.74, 6) is 0. The summed E-state index contributed by atoms with van der Waals surface area (Å²) in [4.78, 5) is 0. The van der Waals surface area contributed by atoms with Crippen LogP contribution in [0, 0.1) is 0 Å². The third-order valence-corrected chi connectivity index (χ3v) is 0.846. The molecule has 0 fully saturated rings.